The van der Waals surface area contributed by atoms with Gasteiger partial charge in [0.1, 0.15) is 11.6 Å². The van der Waals surface area contributed by atoms with E-state index in [9.17, 15) is 9.18 Å². The monoisotopic (exact) mass is 441 g/mol. The average molecular weight is 442 g/mol. The molecule has 0 aliphatic heterocycles. The number of carbonyl (C=O) groups is 1. The van der Waals surface area contributed by atoms with Gasteiger partial charge in [-0.2, -0.15) is 0 Å². The minimum atomic E-state index is -0.460. The van der Waals surface area contributed by atoms with Crippen LogP contribution in [0.25, 0.3) is 0 Å². The molecule has 0 fully saturated rings. The van der Waals surface area contributed by atoms with E-state index in [1.165, 1.54) is 23.9 Å². The Morgan fingerprint density at radius 2 is 1.70 bits per heavy atom. The third kappa shape index (κ3) is 6.20. The number of amides is 1. The van der Waals surface area contributed by atoms with Gasteiger partial charge in [0.15, 0.2) is 5.11 Å². The first-order valence-electron chi connectivity index (χ1n) is 9.03. The van der Waals surface area contributed by atoms with Crippen molar-refractivity contribution in [2.75, 3.05) is 28.8 Å². The summed E-state index contributed by atoms with van der Waals surface area (Å²) >= 11 is 6.72. The lowest BCUT2D eigenvalue weighted by atomic mass is 10.3. The Morgan fingerprint density at radius 3 is 2.47 bits per heavy atom. The van der Waals surface area contributed by atoms with E-state index in [0.717, 1.165) is 16.3 Å². The van der Waals surface area contributed by atoms with Crippen LogP contribution in [-0.2, 0) is 4.79 Å². The van der Waals surface area contributed by atoms with E-state index in [-0.39, 0.29) is 17.3 Å². The quantitative estimate of drug-likeness (QED) is 0.338. The number of methoxy groups -OCH3 is 1. The first-order chi connectivity index (χ1) is 14.5. The minimum absolute atomic E-state index is 0.154. The summed E-state index contributed by atoms with van der Waals surface area (Å²) in [5.74, 6) is 0.101. The number of hydrogen-bond acceptors (Lipinski definition) is 4. The lowest BCUT2D eigenvalue weighted by molar-refractivity contribution is -0.113. The molecular weight excluding hydrogens is 421 g/mol. The number of benzene rings is 3. The number of ether oxygens (including phenoxy) is 1. The molecule has 0 radical (unpaired) electrons. The van der Waals surface area contributed by atoms with Gasteiger partial charge >= 0.3 is 0 Å². The molecule has 5 nitrogen and oxygen atoms in total. The van der Waals surface area contributed by atoms with E-state index < -0.39 is 5.82 Å². The molecule has 0 atom stereocenters. The summed E-state index contributed by atoms with van der Waals surface area (Å²) in [5.41, 5.74) is 1.71. The third-order valence-corrected chi connectivity index (χ3v) is 5.16. The van der Waals surface area contributed by atoms with Crippen molar-refractivity contribution in [2.24, 2.45) is 0 Å². The van der Waals surface area contributed by atoms with Crippen molar-refractivity contribution in [3.8, 4) is 5.75 Å². The van der Waals surface area contributed by atoms with Crippen molar-refractivity contribution in [3.63, 3.8) is 0 Å². The zero-order valence-corrected chi connectivity index (χ0v) is 17.8. The van der Waals surface area contributed by atoms with Gasteiger partial charge in [0.05, 0.1) is 24.2 Å². The van der Waals surface area contributed by atoms with Crippen molar-refractivity contribution < 1.29 is 13.9 Å². The van der Waals surface area contributed by atoms with Gasteiger partial charge in [0.25, 0.3) is 0 Å². The maximum atomic E-state index is 13.6. The largest absolute Gasteiger partial charge is 0.495 e. The molecule has 3 N–H and O–H groups in total. The van der Waals surface area contributed by atoms with E-state index in [4.69, 9.17) is 17.0 Å². The second kappa shape index (κ2) is 10.6. The number of para-hydroxylation sites is 3. The first-order valence-corrected chi connectivity index (χ1v) is 10.4. The average Bonchev–Trinajstić information content (AvgIpc) is 2.74. The molecule has 3 aromatic carbocycles. The number of hydrogen-bond donors (Lipinski definition) is 3. The maximum absolute atomic E-state index is 13.6. The van der Waals surface area contributed by atoms with Crippen LogP contribution in [0, 0.1) is 5.82 Å². The number of anilines is 3. The summed E-state index contributed by atoms with van der Waals surface area (Å²) in [5, 5.41) is 9.21. The number of halogens is 1. The van der Waals surface area contributed by atoms with E-state index in [1.54, 1.807) is 19.2 Å². The van der Waals surface area contributed by atoms with Crippen LogP contribution in [0.3, 0.4) is 0 Å². The molecule has 3 aromatic rings. The van der Waals surface area contributed by atoms with Crippen molar-refractivity contribution in [3.05, 3.63) is 78.6 Å². The van der Waals surface area contributed by atoms with Crippen LogP contribution < -0.4 is 20.7 Å². The maximum Gasteiger partial charge on any atom is 0.234 e. The molecule has 0 aromatic heterocycles. The lowest BCUT2D eigenvalue weighted by Crippen LogP contribution is -2.19. The fourth-order valence-corrected chi connectivity index (χ4v) is 3.58. The third-order valence-electron chi connectivity index (χ3n) is 3.96. The summed E-state index contributed by atoms with van der Waals surface area (Å²) in [7, 11) is 1.60. The highest BCUT2D eigenvalue weighted by molar-refractivity contribution is 8.00. The van der Waals surface area contributed by atoms with Crippen molar-refractivity contribution >= 4 is 52.1 Å². The Labute approximate surface area is 184 Å². The molecule has 8 heteroatoms. The Morgan fingerprint density at radius 1 is 0.967 bits per heavy atom. The topological polar surface area (TPSA) is 62.4 Å². The van der Waals surface area contributed by atoms with Crippen molar-refractivity contribution in [1.29, 1.82) is 0 Å². The van der Waals surface area contributed by atoms with Crippen molar-refractivity contribution in [1.82, 2.24) is 0 Å². The Kier molecular flexibility index (Phi) is 7.64. The van der Waals surface area contributed by atoms with Crippen LogP contribution in [0.4, 0.5) is 21.5 Å². The Bertz CT molecular complexity index is 1050. The van der Waals surface area contributed by atoms with E-state index in [0.29, 0.717) is 10.9 Å². The summed E-state index contributed by atoms with van der Waals surface area (Å²) in [6.07, 6.45) is 0. The van der Waals surface area contributed by atoms with E-state index >= 15 is 0 Å². The van der Waals surface area contributed by atoms with E-state index in [1.807, 2.05) is 48.5 Å². The lowest BCUT2D eigenvalue weighted by Gasteiger charge is -2.13. The highest BCUT2D eigenvalue weighted by Gasteiger charge is 2.08. The molecular formula is C22H20FN3O2S2. The van der Waals surface area contributed by atoms with Gasteiger partial charge < -0.3 is 20.7 Å². The highest BCUT2D eigenvalue weighted by atomic mass is 32.2. The van der Waals surface area contributed by atoms with Crippen LogP contribution in [0.1, 0.15) is 0 Å². The number of rotatable bonds is 7. The fourth-order valence-electron chi connectivity index (χ4n) is 2.59. The second-order valence-corrected chi connectivity index (χ2v) is 7.58. The molecule has 0 aliphatic rings. The van der Waals surface area contributed by atoms with Gasteiger partial charge in [-0.3, -0.25) is 4.79 Å². The minimum Gasteiger partial charge on any atom is -0.495 e. The molecule has 0 heterocycles. The van der Waals surface area contributed by atoms with Gasteiger partial charge in [-0.25, -0.2) is 4.39 Å². The van der Waals surface area contributed by atoms with Crippen molar-refractivity contribution in [2.45, 2.75) is 4.90 Å². The van der Waals surface area contributed by atoms with Crippen LogP contribution in [0.2, 0.25) is 0 Å². The molecule has 1 amide bonds. The summed E-state index contributed by atoms with van der Waals surface area (Å²) in [6, 6.07) is 21.1. The predicted octanol–water partition coefficient (Wildman–Crippen LogP) is 5.37. The van der Waals surface area contributed by atoms with Crippen LogP contribution in [-0.4, -0.2) is 23.9 Å². The van der Waals surface area contributed by atoms with Gasteiger partial charge in [-0.05, 0) is 54.7 Å². The molecule has 0 bridgehead atoms. The highest BCUT2D eigenvalue weighted by Crippen LogP contribution is 2.25. The van der Waals surface area contributed by atoms with E-state index in [2.05, 4.69) is 16.0 Å². The van der Waals surface area contributed by atoms with Gasteiger partial charge in [-0.15, -0.1) is 11.8 Å². The van der Waals surface area contributed by atoms with Crippen LogP contribution in [0.5, 0.6) is 5.75 Å². The normalized spacial score (nSPS) is 10.2. The summed E-state index contributed by atoms with van der Waals surface area (Å²) < 4.78 is 18.9. The number of thiocarbonyl (C=S) groups is 1. The van der Waals surface area contributed by atoms with Crippen LogP contribution in [0.15, 0.2) is 77.7 Å². The zero-order chi connectivity index (χ0) is 21.3. The summed E-state index contributed by atoms with van der Waals surface area (Å²) in [6.45, 7) is 0. The summed E-state index contributed by atoms with van der Waals surface area (Å²) in [4.78, 5) is 13.0. The van der Waals surface area contributed by atoms with Crippen LogP contribution >= 0.6 is 24.0 Å². The number of thioether (sulfide) groups is 1. The first kappa shape index (κ1) is 21.6. The number of nitrogens with one attached hydrogen (secondary N) is 3. The standard InChI is InChI=1S/C22H20FN3O2S2/c1-28-20-12-5-4-11-19(20)26-22(29)24-15-7-6-8-16(13-15)30-14-21(27)25-18-10-3-2-9-17(18)23/h2-13H,14H2,1H3,(H,25,27)(H2,24,26,29). The Hall–Kier alpha value is -3.10. The second-order valence-electron chi connectivity index (χ2n) is 6.12. The molecule has 0 spiro atoms. The van der Waals surface area contributed by atoms with Gasteiger partial charge in [-0.1, -0.05) is 30.3 Å². The smallest absolute Gasteiger partial charge is 0.234 e. The van der Waals surface area contributed by atoms with Gasteiger partial charge in [0, 0.05) is 10.6 Å². The molecule has 0 aliphatic carbocycles. The predicted molar refractivity (Wildman–Crippen MR) is 125 cm³/mol. The van der Waals surface area contributed by atoms with Gasteiger partial charge in [0.2, 0.25) is 5.91 Å². The molecule has 30 heavy (non-hydrogen) atoms. The zero-order valence-electron chi connectivity index (χ0n) is 16.1. The molecule has 3 rings (SSSR count). The molecule has 0 saturated heterocycles. The number of carbonyl (C=O) groups excluding carboxylic acids is 1. The molecule has 0 unspecified atom stereocenters. The molecule has 154 valence electrons. The fraction of sp³-hybridized carbons (Fsp3) is 0.0909. The molecule has 0 saturated carbocycles. The SMILES string of the molecule is COc1ccccc1NC(=S)Nc1cccc(SCC(=O)Nc2ccccc2F)c1. The Balaban J connectivity index is 1.54.